The molecule has 1 atom stereocenters. The Hall–Kier alpha value is -0.590. The summed E-state index contributed by atoms with van der Waals surface area (Å²) in [5.74, 6) is 0.0625. The lowest BCUT2D eigenvalue weighted by molar-refractivity contribution is 0.543. The summed E-state index contributed by atoms with van der Waals surface area (Å²) in [7, 11) is -2.08. The van der Waals surface area contributed by atoms with Crippen LogP contribution in [0.2, 0.25) is 0 Å². The van der Waals surface area contributed by atoms with E-state index in [1.807, 2.05) is 19.4 Å². The lowest BCUT2D eigenvalue weighted by atomic mass is 10.0. The first-order valence-electron chi connectivity index (χ1n) is 4.95. The van der Waals surface area contributed by atoms with E-state index in [9.17, 15) is 4.57 Å². The molecule has 1 aromatic rings. The summed E-state index contributed by atoms with van der Waals surface area (Å²) in [6.07, 6.45) is 1.05. The Morgan fingerprint density at radius 2 is 2.07 bits per heavy atom. The van der Waals surface area contributed by atoms with E-state index >= 15 is 0 Å². The molecule has 0 fully saturated rings. The predicted octanol–water partition coefficient (Wildman–Crippen LogP) is 2.45. The molecule has 0 aromatic heterocycles. The molecule has 1 N–H and O–H groups in total. The molecule has 0 radical (unpaired) electrons. The van der Waals surface area contributed by atoms with Crippen LogP contribution in [-0.2, 0) is 11.0 Å². The molecule has 3 heteroatoms. The van der Waals surface area contributed by atoms with Gasteiger partial charge in [0.25, 0.3) is 0 Å². The Morgan fingerprint density at radius 3 is 2.79 bits per heavy atom. The van der Waals surface area contributed by atoms with Crippen molar-refractivity contribution in [3.05, 3.63) is 35.4 Å². The van der Waals surface area contributed by atoms with Crippen LogP contribution in [-0.4, -0.2) is 19.9 Å². The van der Waals surface area contributed by atoms with Crippen molar-refractivity contribution < 1.29 is 4.57 Å². The highest BCUT2D eigenvalue weighted by Crippen LogP contribution is 2.52. The molecule has 0 amide bonds. The number of hydrogen-bond acceptors (Lipinski definition) is 2. The van der Waals surface area contributed by atoms with Crippen molar-refractivity contribution in [2.45, 2.75) is 12.2 Å². The molecule has 0 saturated carbocycles. The van der Waals surface area contributed by atoms with Crippen LogP contribution < -0.4 is 5.32 Å². The molecule has 1 heterocycles. The molecule has 0 spiro atoms. The van der Waals surface area contributed by atoms with E-state index in [4.69, 9.17) is 0 Å². The Labute approximate surface area is 85.1 Å². The van der Waals surface area contributed by atoms with Crippen molar-refractivity contribution in [1.29, 1.82) is 0 Å². The Bertz CT molecular complexity index is 383. The van der Waals surface area contributed by atoms with Gasteiger partial charge in [-0.3, -0.25) is 0 Å². The first kappa shape index (κ1) is 9.95. The van der Waals surface area contributed by atoms with Gasteiger partial charge in [-0.15, -0.1) is 0 Å². The summed E-state index contributed by atoms with van der Waals surface area (Å²) >= 11 is 0. The van der Waals surface area contributed by atoms with Crippen molar-refractivity contribution in [3.8, 4) is 0 Å². The smallest absolute Gasteiger partial charge is 0.102 e. The highest BCUT2D eigenvalue weighted by Gasteiger charge is 2.28. The van der Waals surface area contributed by atoms with Crippen LogP contribution in [0, 0.1) is 0 Å². The summed E-state index contributed by atoms with van der Waals surface area (Å²) in [6.45, 7) is 4.65. The van der Waals surface area contributed by atoms with Gasteiger partial charge in [-0.25, -0.2) is 0 Å². The first-order valence-corrected chi connectivity index (χ1v) is 7.62. The van der Waals surface area contributed by atoms with Gasteiger partial charge in [0.05, 0.1) is 5.78 Å². The third-order valence-electron chi connectivity index (χ3n) is 2.70. The van der Waals surface area contributed by atoms with Crippen LogP contribution >= 0.6 is 7.14 Å². The van der Waals surface area contributed by atoms with Gasteiger partial charge in [0, 0.05) is 6.54 Å². The Morgan fingerprint density at radius 1 is 1.36 bits per heavy atom. The van der Waals surface area contributed by atoms with Gasteiger partial charge in [0.15, 0.2) is 0 Å². The minimum absolute atomic E-state index is 0.0625. The zero-order chi connectivity index (χ0) is 10.2. The van der Waals surface area contributed by atoms with Gasteiger partial charge in [-0.1, -0.05) is 24.3 Å². The van der Waals surface area contributed by atoms with Crippen LogP contribution in [0.25, 0.3) is 0 Å². The molecule has 76 valence electrons. The number of hydrogen-bond donors (Lipinski definition) is 1. The van der Waals surface area contributed by atoms with Crippen molar-refractivity contribution in [1.82, 2.24) is 5.32 Å². The second-order valence-corrected chi connectivity index (χ2v) is 7.62. The Kier molecular flexibility index (Phi) is 2.50. The normalized spacial score (nSPS) is 21.7. The second-order valence-electron chi connectivity index (χ2n) is 4.24. The van der Waals surface area contributed by atoms with E-state index in [1.54, 1.807) is 0 Å². The van der Waals surface area contributed by atoms with E-state index in [-0.39, 0.29) is 5.78 Å². The minimum Gasteiger partial charge on any atom is -0.322 e. The van der Waals surface area contributed by atoms with Crippen molar-refractivity contribution in [2.24, 2.45) is 0 Å². The van der Waals surface area contributed by atoms with Crippen molar-refractivity contribution in [2.75, 3.05) is 19.9 Å². The summed E-state index contributed by atoms with van der Waals surface area (Å²) in [6, 6.07) is 8.30. The number of rotatable bonds is 1. The maximum atomic E-state index is 12.1. The fourth-order valence-electron chi connectivity index (χ4n) is 2.04. The number of nitrogens with one attached hydrogen (secondary N) is 1. The zero-order valence-corrected chi connectivity index (χ0v) is 9.55. The minimum atomic E-state index is -2.08. The SMILES string of the molecule is CP(C)(=O)C1NCCc2ccccc21. The highest BCUT2D eigenvalue weighted by atomic mass is 31.2. The molecule has 1 aliphatic heterocycles. The molecule has 0 aliphatic carbocycles. The molecule has 1 aliphatic rings. The molecular weight excluding hydrogens is 193 g/mol. The lowest BCUT2D eigenvalue weighted by Gasteiger charge is -2.29. The maximum absolute atomic E-state index is 12.1. The average molecular weight is 209 g/mol. The highest BCUT2D eigenvalue weighted by molar-refractivity contribution is 7.62. The van der Waals surface area contributed by atoms with Crippen molar-refractivity contribution >= 4 is 7.14 Å². The largest absolute Gasteiger partial charge is 0.322 e. The van der Waals surface area contributed by atoms with Crippen LogP contribution in [0.5, 0.6) is 0 Å². The summed E-state index contributed by atoms with van der Waals surface area (Å²) in [5, 5.41) is 3.35. The molecule has 0 saturated heterocycles. The standard InChI is InChI=1S/C11H16NOP/c1-14(2,13)11-10-6-4-3-5-9(10)7-8-12-11/h3-6,11-12H,7-8H2,1-2H3. The molecule has 2 nitrogen and oxygen atoms in total. The Balaban J connectivity index is 2.46. The molecule has 14 heavy (non-hydrogen) atoms. The third kappa shape index (κ3) is 1.77. The van der Waals surface area contributed by atoms with Gasteiger partial charge in [-0.05, 0) is 30.9 Å². The maximum Gasteiger partial charge on any atom is 0.102 e. The van der Waals surface area contributed by atoms with Crippen LogP contribution in [0.4, 0.5) is 0 Å². The summed E-state index contributed by atoms with van der Waals surface area (Å²) in [4.78, 5) is 0. The summed E-state index contributed by atoms with van der Waals surface area (Å²) in [5.41, 5.74) is 2.58. The third-order valence-corrected chi connectivity index (χ3v) is 4.41. The van der Waals surface area contributed by atoms with Gasteiger partial charge >= 0.3 is 0 Å². The average Bonchev–Trinajstić information content (AvgIpc) is 2.15. The molecule has 1 unspecified atom stereocenters. The molecule has 1 aromatic carbocycles. The zero-order valence-electron chi connectivity index (χ0n) is 8.66. The van der Waals surface area contributed by atoms with Crippen LogP contribution in [0.15, 0.2) is 24.3 Å². The second kappa shape index (κ2) is 3.52. The quantitative estimate of drug-likeness (QED) is 0.720. The topological polar surface area (TPSA) is 29.1 Å². The number of fused-ring (bicyclic) bond motifs is 1. The fourth-order valence-corrected chi connectivity index (χ4v) is 3.53. The van der Waals surface area contributed by atoms with Gasteiger partial charge < -0.3 is 9.88 Å². The fraction of sp³-hybridized carbons (Fsp3) is 0.455. The summed E-state index contributed by atoms with van der Waals surface area (Å²) < 4.78 is 12.1. The van der Waals surface area contributed by atoms with Gasteiger partial charge in [0.2, 0.25) is 0 Å². The van der Waals surface area contributed by atoms with Gasteiger partial charge in [-0.2, -0.15) is 0 Å². The van der Waals surface area contributed by atoms with E-state index in [0.29, 0.717) is 0 Å². The van der Waals surface area contributed by atoms with E-state index in [2.05, 4.69) is 23.5 Å². The van der Waals surface area contributed by atoms with E-state index < -0.39 is 7.14 Å². The van der Waals surface area contributed by atoms with Crippen LogP contribution in [0.1, 0.15) is 16.9 Å². The first-order chi connectivity index (χ1) is 6.59. The van der Waals surface area contributed by atoms with Gasteiger partial charge in [0.1, 0.15) is 7.14 Å². The number of benzene rings is 1. The molecule has 2 rings (SSSR count). The van der Waals surface area contributed by atoms with E-state index in [0.717, 1.165) is 13.0 Å². The van der Waals surface area contributed by atoms with Crippen molar-refractivity contribution in [3.63, 3.8) is 0 Å². The predicted molar refractivity (Wildman–Crippen MR) is 60.3 cm³/mol. The monoisotopic (exact) mass is 209 g/mol. The molecular formula is C11H16NOP. The molecule has 0 bridgehead atoms. The van der Waals surface area contributed by atoms with Crippen LogP contribution in [0.3, 0.4) is 0 Å². The lowest BCUT2D eigenvalue weighted by Crippen LogP contribution is -2.29. The van der Waals surface area contributed by atoms with E-state index in [1.165, 1.54) is 11.1 Å².